The van der Waals surface area contributed by atoms with Crippen LogP contribution in [0.5, 0.6) is 0 Å². The molecule has 0 unspecified atom stereocenters. The molecule has 3 heterocycles. The summed E-state index contributed by atoms with van der Waals surface area (Å²) in [6.45, 7) is 7.69. The fourth-order valence-corrected chi connectivity index (χ4v) is 5.29. The van der Waals surface area contributed by atoms with Crippen LogP contribution in [-0.2, 0) is 20.1 Å². The van der Waals surface area contributed by atoms with Crippen molar-refractivity contribution in [2.24, 2.45) is 7.05 Å². The Labute approximate surface area is 221 Å². The third kappa shape index (κ3) is 6.97. The Morgan fingerprint density at radius 1 is 0.865 bits per heavy atom. The zero-order chi connectivity index (χ0) is 25.5. The molecule has 1 saturated heterocycles. The maximum absolute atomic E-state index is 4.88. The number of aryl methyl sites for hydroxylation is 1. The van der Waals surface area contributed by atoms with E-state index in [0.29, 0.717) is 6.54 Å². The van der Waals surface area contributed by atoms with Gasteiger partial charge in [-0.05, 0) is 50.5 Å². The van der Waals surface area contributed by atoms with Crippen LogP contribution in [0.3, 0.4) is 0 Å². The highest BCUT2D eigenvalue weighted by molar-refractivity contribution is 5.84. The number of fused-ring (bicyclic) bond motifs is 1. The van der Waals surface area contributed by atoms with Crippen molar-refractivity contribution < 1.29 is 0 Å². The van der Waals surface area contributed by atoms with E-state index in [1.807, 2.05) is 17.9 Å². The Bertz CT molecular complexity index is 1110. The average molecular weight is 506 g/mol. The van der Waals surface area contributed by atoms with E-state index in [2.05, 4.69) is 62.0 Å². The molecular formula is C28H43N9. The number of rotatable bonds is 11. The number of nitrogens with zero attached hydrogens (tertiary/aromatic N) is 6. The number of hydrogen-bond acceptors (Lipinski definition) is 8. The van der Waals surface area contributed by atoms with Gasteiger partial charge in [0.1, 0.15) is 0 Å². The number of benzene rings is 1. The molecule has 0 atom stereocenters. The van der Waals surface area contributed by atoms with Crippen LogP contribution in [0.25, 0.3) is 11.2 Å². The first kappa shape index (κ1) is 25.9. The van der Waals surface area contributed by atoms with Gasteiger partial charge in [-0.2, -0.15) is 9.97 Å². The van der Waals surface area contributed by atoms with Gasteiger partial charge in [0, 0.05) is 52.4 Å². The van der Waals surface area contributed by atoms with E-state index in [0.717, 1.165) is 74.8 Å². The molecule has 1 aliphatic heterocycles. The van der Waals surface area contributed by atoms with E-state index in [-0.39, 0.29) is 0 Å². The minimum Gasteiger partial charge on any atom is -0.364 e. The van der Waals surface area contributed by atoms with Gasteiger partial charge in [0.25, 0.3) is 0 Å². The average Bonchev–Trinajstić information content (AvgIpc) is 3.31. The van der Waals surface area contributed by atoms with Crippen molar-refractivity contribution in [3.8, 4) is 0 Å². The van der Waals surface area contributed by atoms with Crippen molar-refractivity contribution in [2.45, 2.75) is 57.7 Å². The molecule has 3 N–H and O–H groups in total. The number of likely N-dealkylation sites (N-methyl/N-ethyl adjacent to an activating group) is 1. The molecule has 37 heavy (non-hydrogen) atoms. The SMILES string of the molecule is CN1CCN(c2nc(NCc3ccc(CNCCCNC4CCCCC4)cc3)c3ncn(C)c3n2)CC1. The molecule has 2 fully saturated rings. The molecule has 0 bridgehead atoms. The quantitative estimate of drug-likeness (QED) is 0.343. The first-order valence-electron chi connectivity index (χ1n) is 14.0. The summed E-state index contributed by atoms with van der Waals surface area (Å²) < 4.78 is 1.97. The number of anilines is 2. The van der Waals surface area contributed by atoms with Crippen molar-refractivity contribution in [3.05, 3.63) is 41.7 Å². The second-order valence-electron chi connectivity index (χ2n) is 10.7. The maximum atomic E-state index is 4.88. The van der Waals surface area contributed by atoms with Crippen LogP contribution in [0.2, 0.25) is 0 Å². The summed E-state index contributed by atoms with van der Waals surface area (Å²) in [4.78, 5) is 18.9. The summed E-state index contributed by atoms with van der Waals surface area (Å²) in [5.74, 6) is 1.58. The molecule has 1 aliphatic carbocycles. The van der Waals surface area contributed by atoms with E-state index >= 15 is 0 Å². The molecule has 2 aliphatic rings. The lowest BCUT2D eigenvalue weighted by Gasteiger charge is -2.32. The predicted octanol–water partition coefficient (Wildman–Crippen LogP) is 3.13. The minimum absolute atomic E-state index is 0.700. The lowest BCUT2D eigenvalue weighted by atomic mass is 9.95. The van der Waals surface area contributed by atoms with E-state index < -0.39 is 0 Å². The minimum atomic E-state index is 0.700. The van der Waals surface area contributed by atoms with E-state index in [1.54, 1.807) is 0 Å². The summed E-state index contributed by atoms with van der Waals surface area (Å²) in [5.41, 5.74) is 4.22. The van der Waals surface area contributed by atoms with E-state index in [9.17, 15) is 0 Å². The molecule has 1 saturated carbocycles. The van der Waals surface area contributed by atoms with Crippen molar-refractivity contribution >= 4 is 22.9 Å². The fourth-order valence-electron chi connectivity index (χ4n) is 5.29. The summed E-state index contributed by atoms with van der Waals surface area (Å²) in [6, 6.07) is 9.59. The molecule has 1 aromatic carbocycles. The smallest absolute Gasteiger partial charge is 0.229 e. The molecular weight excluding hydrogens is 462 g/mol. The number of hydrogen-bond donors (Lipinski definition) is 3. The van der Waals surface area contributed by atoms with E-state index in [4.69, 9.17) is 9.97 Å². The van der Waals surface area contributed by atoms with Gasteiger partial charge in [0.15, 0.2) is 17.0 Å². The van der Waals surface area contributed by atoms with Crippen LogP contribution in [0.4, 0.5) is 11.8 Å². The second kappa shape index (κ2) is 12.7. The van der Waals surface area contributed by atoms with E-state index in [1.165, 1.54) is 49.7 Å². The Kier molecular flexibility index (Phi) is 8.86. The molecule has 9 heteroatoms. The lowest BCUT2D eigenvalue weighted by Crippen LogP contribution is -2.45. The largest absolute Gasteiger partial charge is 0.364 e. The monoisotopic (exact) mass is 505 g/mol. The highest BCUT2D eigenvalue weighted by atomic mass is 15.3. The number of aromatic nitrogens is 4. The third-order valence-electron chi connectivity index (χ3n) is 7.71. The zero-order valence-corrected chi connectivity index (χ0v) is 22.5. The summed E-state index contributed by atoms with van der Waals surface area (Å²) in [6.07, 6.45) is 9.91. The van der Waals surface area contributed by atoms with Crippen LogP contribution in [0, 0.1) is 0 Å². The normalized spacial score (nSPS) is 17.5. The number of imidazole rings is 1. The van der Waals surface area contributed by atoms with Gasteiger partial charge >= 0.3 is 0 Å². The molecule has 3 aromatic rings. The van der Waals surface area contributed by atoms with Crippen molar-refractivity contribution in [1.82, 2.24) is 35.1 Å². The van der Waals surface area contributed by atoms with Crippen LogP contribution >= 0.6 is 0 Å². The highest BCUT2D eigenvalue weighted by Crippen LogP contribution is 2.23. The lowest BCUT2D eigenvalue weighted by molar-refractivity contribution is 0.311. The van der Waals surface area contributed by atoms with Gasteiger partial charge < -0.3 is 30.3 Å². The van der Waals surface area contributed by atoms with Gasteiger partial charge in [0.2, 0.25) is 5.95 Å². The van der Waals surface area contributed by atoms with Gasteiger partial charge in [-0.3, -0.25) is 0 Å². The van der Waals surface area contributed by atoms with Gasteiger partial charge in [-0.25, -0.2) is 4.98 Å². The maximum Gasteiger partial charge on any atom is 0.229 e. The first-order chi connectivity index (χ1) is 18.2. The Morgan fingerprint density at radius 2 is 1.59 bits per heavy atom. The topological polar surface area (TPSA) is 86.2 Å². The third-order valence-corrected chi connectivity index (χ3v) is 7.71. The van der Waals surface area contributed by atoms with Gasteiger partial charge in [-0.15, -0.1) is 0 Å². The molecule has 5 rings (SSSR count). The van der Waals surface area contributed by atoms with Gasteiger partial charge in [0.05, 0.1) is 6.33 Å². The standard InChI is InChI=1S/C28H43N9/c1-35-15-17-37(18-16-35)28-33-26(25-27(34-28)36(2)21-32-25)31-20-23-11-9-22(10-12-23)19-29-13-6-14-30-24-7-4-3-5-8-24/h9-12,21,24,29-30H,3-8,13-20H2,1-2H3,(H,31,33,34). The molecule has 0 amide bonds. The summed E-state index contributed by atoms with van der Waals surface area (Å²) in [5, 5.41) is 10.8. The van der Waals surface area contributed by atoms with Crippen LogP contribution < -0.4 is 20.9 Å². The van der Waals surface area contributed by atoms with Crippen LogP contribution in [-0.4, -0.2) is 76.8 Å². The summed E-state index contributed by atoms with van der Waals surface area (Å²) >= 11 is 0. The van der Waals surface area contributed by atoms with Crippen LogP contribution in [0.1, 0.15) is 49.7 Å². The molecule has 200 valence electrons. The fraction of sp³-hybridized carbons (Fsp3) is 0.607. The van der Waals surface area contributed by atoms with Crippen molar-refractivity contribution in [1.29, 1.82) is 0 Å². The summed E-state index contributed by atoms with van der Waals surface area (Å²) in [7, 11) is 4.15. The van der Waals surface area contributed by atoms with Crippen molar-refractivity contribution in [3.63, 3.8) is 0 Å². The number of nitrogens with one attached hydrogen (secondary N) is 3. The van der Waals surface area contributed by atoms with Crippen LogP contribution in [0.15, 0.2) is 30.6 Å². The van der Waals surface area contributed by atoms with Gasteiger partial charge in [-0.1, -0.05) is 43.5 Å². The highest BCUT2D eigenvalue weighted by Gasteiger charge is 2.20. The second-order valence-corrected chi connectivity index (χ2v) is 10.7. The van der Waals surface area contributed by atoms with Crippen molar-refractivity contribution in [2.75, 3.05) is 56.5 Å². The Hall–Kier alpha value is -2.75. The molecule has 0 spiro atoms. The molecule has 9 nitrogen and oxygen atoms in total. The first-order valence-corrected chi connectivity index (χ1v) is 14.0. The zero-order valence-electron chi connectivity index (χ0n) is 22.5. The Morgan fingerprint density at radius 3 is 2.35 bits per heavy atom. The predicted molar refractivity (Wildman–Crippen MR) is 151 cm³/mol. The molecule has 0 radical (unpaired) electrons. The number of piperazine rings is 1. The molecule has 2 aromatic heterocycles. The Balaban J connectivity index is 1.10.